The Morgan fingerprint density at radius 2 is 2.08 bits per heavy atom. The molecule has 1 aliphatic rings. The van der Waals surface area contributed by atoms with Gasteiger partial charge in [-0.3, -0.25) is 4.79 Å². The van der Waals surface area contributed by atoms with Crippen LogP contribution in [0.4, 0.5) is 4.39 Å². The van der Waals surface area contributed by atoms with E-state index in [9.17, 15) is 19.1 Å². The first kappa shape index (κ1) is 15.7. The van der Waals surface area contributed by atoms with Crippen LogP contribution in [0.5, 0.6) is 11.5 Å². The summed E-state index contributed by atoms with van der Waals surface area (Å²) in [5, 5.41) is 10.7. The van der Waals surface area contributed by atoms with Crippen LogP contribution in [-0.4, -0.2) is 17.9 Å². The molecule has 0 saturated heterocycles. The number of carbonyl (C=O) groups is 2. The molecule has 0 unspecified atom stereocenters. The molecule has 1 atom stereocenters. The van der Waals surface area contributed by atoms with Crippen LogP contribution in [0, 0.1) is 5.82 Å². The molecule has 1 aliphatic heterocycles. The molecule has 1 heterocycles. The number of ether oxygens (including phenoxy) is 2. The van der Waals surface area contributed by atoms with Crippen molar-refractivity contribution in [2.24, 2.45) is 0 Å². The van der Waals surface area contributed by atoms with Crippen LogP contribution >= 0.6 is 0 Å². The molecule has 6 heteroatoms. The van der Waals surface area contributed by atoms with Gasteiger partial charge in [0.25, 0.3) is 0 Å². The summed E-state index contributed by atoms with van der Waals surface area (Å²) in [6, 6.07) is 10.2. The monoisotopic (exact) mass is 327 g/mol. The van der Waals surface area contributed by atoms with E-state index in [1.54, 1.807) is 6.07 Å². The smallest absolute Gasteiger partial charge is 0.231 e. The summed E-state index contributed by atoms with van der Waals surface area (Å²) < 4.78 is 23.9. The second-order valence-electron chi connectivity index (χ2n) is 5.23. The highest BCUT2D eigenvalue weighted by molar-refractivity contribution is 6.14. The van der Waals surface area contributed by atoms with Crippen molar-refractivity contribution in [2.45, 2.75) is 13.0 Å². The molecule has 3 rings (SSSR count). The minimum Gasteiger partial charge on any atom is -0.546 e. The van der Waals surface area contributed by atoms with Crippen LogP contribution in [0.2, 0.25) is 0 Å². The number of hydrogen-bond donors (Lipinski definition) is 0. The van der Waals surface area contributed by atoms with Gasteiger partial charge in [-0.25, -0.2) is 4.39 Å². The zero-order valence-corrected chi connectivity index (χ0v) is 12.6. The summed E-state index contributed by atoms with van der Waals surface area (Å²) in [7, 11) is 0. The van der Waals surface area contributed by atoms with E-state index in [-0.39, 0.29) is 23.0 Å². The Labute approximate surface area is 136 Å². The molecule has 0 aliphatic carbocycles. The average molecular weight is 327 g/mol. The number of carboxylic acid groups (broad SMARTS) is 1. The third-order valence-electron chi connectivity index (χ3n) is 3.43. The van der Waals surface area contributed by atoms with Gasteiger partial charge in [0.15, 0.2) is 5.76 Å². The first-order chi connectivity index (χ1) is 11.4. The maximum absolute atomic E-state index is 13.2. The van der Waals surface area contributed by atoms with Crippen molar-refractivity contribution in [1.82, 2.24) is 0 Å². The number of Topliss-reactive ketones (excluding diaryl/α,β-unsaturated/α-hetero) is 1. The van der Waals surface area contributed by atoms with Crippen molar-refractivity contribution < 1.29 is 28.6 Å². The molecular weight excluding hydrogens is 315 g/mol. The Bertz CT molecular complexity index is 856. The summed E-state index contributed by atoms with van der Waals surface area (Å²) >= 11 is 0. The maximum atomic E-state index is 13.2. The molecule has 0 aromatic heterocycles. The van der Waals surface area contributed by atoms with Gasteiger partial charge in [0.05, 0.1) is 11.5 Å². The zero-order valence-electron chi connectivity index (χ0n) is 12.6. The molecule has 5 nitrogen and oxygen atoms in total. The third kappa shape index (κ3) is 3.12. The zero-order chi connectivity index (χ0) is 17.3. The van der Waals surface area contributed by atoms with Crippen LogP contribution in [0.15, 0.2) is 48.2 Å². The van der Waals surface area contributed by atoms with E-state index in [0.29, 0.717) is 11.1 Å². The minimum absolute atomic E-state index is 0.0562. The van der Waals surface area contributed by atoms with E-state index in [1.165, 1.54) is 49.4 Å². The Morgan fingerprint density at radius 3 is 2.79 bits per heavy atom. The topological polar surface area (TPSA) is 75.7 Å². The number of rotatable bonds is 4. The fraction of sp³-hybridized carbons (Fsp3) is 0.111. The van der Waals surface area contributed by atoms with E-state index < -0.39 is 17.9 Å². The highest BCUT2D eigenvalue weighted by Gasteiger charge is 2.28. The predicted octanol–water partition coefficient (Wildman–Crippen LogP) is 1.96. The van der Waals surface area contributed by atoms with Gasteiger partial charge in [0.1, 0.15) is 23.4 Å². The van der Waals surface area contributed by atoms with Crippen LogP contribution in [0.3, 0.4) is 0 Å². The molecular formula is C18H12FO5-. The lowest BCUT2D eigenvalue weighted by Crippen LogP contribution is -2.37. The van der Waals surface area contributed by atoms with Crippen molar-refractivity contribution in [3.8, 4) is 11.5 Å². The van der Waals surface area contributed by atoms with Gasteiger partial charge in [0, 0.05) is 6.07 Å². The van der Waals surface area contributed by atoms with E-state index in [4.69, 9.17) is 9.47 Å². The molecule has 0 radical (unpaired) electrons. The highest BCUT2D eigenvalue weighted by Crippen LogP contribution is 2.35. The third-order valence-corrected chi connectivity index (χ3v) is 3.43. The highest BCUT2D eigenvalue weighted by atomic mass is 19.1. The number of allylic oxidation sites excluding steroid dienone is 1. The Hall–Kier alpha value is -3.15. The van der Waals surface area contributed by atoms with E-state index >= 15 is 0 Å². The number of carbonyl (C=O) groups excluding carboxylic acids is 2. The maximum Gasteiger partial charge on any atom is 0.231 e. The number of ketones is 1. The second-order valence-corrected chi connectivity index (χ2v) is 5.23. The van der Waals surface area contributed by atoms with Crippen molar-refractivity contribution in [1.29, 1.82) is 0 Å². The second kappa shape index (κ2) is 6.16. The van der Waals surface area contributed by atoms with Gasteiger partial charge >= 0.3 is 0 Å². The summed E-state index contributed by atoms with van der Waals surface area (Å²) in [6.07, 6.45) is 0.304. The molecule has 0 amide bonds. The molecule has 2 aromatic rings. The van der Waals surface area contributed by atoms with Crippen LogP contribution in [0.25, 0.3) is 6.08 Å². The standard InChI is InChI=1S/C18H13FO5/c1-10(18(21)22)23-13-5-6-14-15(9-13)24-16(17(14)20)8-11-3-2-4-12(19)7-11/h2-10H,1H3,(H,21,22)/p-1/b16-8-/t10-/m1/s1. The fourth-order valence-electron chi connectivity index (χ4n) is 2.24. The van der Waals surface area contributed by atoms with Crippen molar-refractivity contribution >= 4 is 17.8 Å². The summed E-state index contributed by atoms with van der Waals surface area (Å²) in [5.74, 6) is -1.55. The summed E-state index contributed by atoms with van der Waals surface area (Å²) in [6.45, 7) is 1.34. The number of halogens is 1. The first-order valence-electron chi connectivity index (χ1n) is 7.15. The Balaban J connectivity index is 1.86. The number of carboxylic acids is 1. The lowest BCUT2D eigenvalue weighted by molar-refractivity contribution is -0.312. The van der Waals surface area contributed by atoms with Crippen LogP contribution < -0.4 is 14.6 Å². The van der Waals surface area contributed by atoms with Gasteiger partial charge in [-0.2, -0.15) is 0 Å². The normalized spacial score (nSPS) is 15.8. The molecule has 122 valence electrons. The minimum atomic E-state index is -1.35. The van der Waals surface area contributed by atoms with Gasteiger partial charge in [-0.15, -0.1) is 0 Å². The first-order valence-corrected chi connectivity index (χ1v) is 7.15. The summed E-state index contributed by atoms with van der Waals surface area (Å²) in [4.78, 5) is 23.0. The SMILES string of the molecule is C[C@@H](Oc1ccc2c(c1)O/C(=C\c1cccc(F)c1)C2=O)C(=O)[O-]. The Kier molecular flexibility index (Phi) is 4.04. The van der Waals surface area contributed by atoms with E-state index in [1.807, 2.05) is 0 Å². The van der Waals surface area contributed by atoms with Crippen molar-refractivity contribution in [3.05, 3.63) is 65.2 Å². The van der Waals surface area contributed by atoms with Gasteiger partial charge in [-0.1, -0.05) is 12.1 Å². The lowest BCUT2D eigenvalue weighted by Gasteiger charge is -2.15. The summed E-state index contributed by atoms with van der Waals surface area (Å²) in [5.41, 5.74) is 0.819. The van der Waals surface area contributed by atoms with Gasteiger partial charge in [0.2, 0.25) is 5.78 Å². The number of aliphatic carboxylic acids is 1. The molecule has 0 fully saturated rings. The average Bonchev–Trinajstić information content (AvgIpc) is 2.83. The number of hydrogen-bond acceptors (Lipinski definition) is 5. The van der Waals surface area contributed by atoms with Gasteiger partial charge < -0.3 is 19.4 Å². The van der Waals surface area contributed by atoms with Crippen molar-refractivity contribution in [3.63, 3.8) is 0 Å². The fourth-order valence-corrected chi connectivity index (χ4v) is 2.24. The molecule has 0 saturated carbocycles. The molecule has 2 aromatic carbocycles. The number of fused-ring (bicyclic) bond motifs is 1. The largest absolute Gasteiger partial charge is 0.546 e. The molecule has 0 bridgehead atoms. The van der Waals surface area contributed by atoms with E-state index in [0.717, 1.165) is 0 Å². The molecule has 0 N–H and O–H groups in total. The molecule has 24 heavy (non-hydrogen) atoms. The van der Waals surface area contributed by atoms with Crippen LogP contribution in [-0.2, 0) is 4.79 Å². The van der Waals surface area contributed by atoms with Crippen LogP contribution in [0.1, 0.15) is 22.8 Å². The molecule has 0 spiro atoms. The van der Waals surface area contributed by atoms with E-state index in [2.05, 4.69) is 0 Å². The lowest BCUT2D eigenvalue weighted by atomic mass is 10.1. The quantitative estimate of drug-likeness (QED) is 0.803. The number of benzene rings is 2. The van der Waals surface area contributed by atoms with Crippen molar-refractivity contribution in [2.75, 3.05) is 0 Å². The predicted molar refractivity (Wildman–Crippen MR) is 80.9 cm³/mol. The van der Waals surface area contributed by atoms with Gasteiger partial charge in [-0.05, 0) is 42.8 Å². The Morgan fingerprint density at radius 1 is 1.29 bits per heavy atom.